The highest BCUT2D eigenvalue weighted by Crippen LogP contribution is 2.17. The molecule has 0 saturated carbocycles. The first-order valence-corrected chi connectivity index (χ1v) is 4.95. The van der Waals surface area contributed by atoms with Gasteiger partial charge in [-0.2, -0.15) is 0 Å². The number of ketones is 1. The van der Waals surface area contributed by atoms with Gasteiger partial charge < -0.3 is 10.0 Å². The summed E-state index contributed by atoms with van der Waals surface area (Å²) in [5.41, 5.74) is 0. The van der Waals surface area contributed by atoms with Crippen LogP contribution in [0.15, 0.2) is 0 Å². The molecule has 0 radical (unpaired) electrons. The molecule has 0 aliphatic carbocycles. The zero-order chi connectivity index (χ0) is 11.6. The number of Topliss-reactive ketones (excluding diaryl/α,β-unsaturated/α-hetero) is 1. The lowest BCUT2D eigenvalue weighted by atomic mass is 10.0. The number of carbonyl (C=O) groups excluding carboxylic acids is 2. The highest BCUT2D eigenvalue weighted by molar-refractivity contribution is 6.06. The summed E-state index contributed by atoms with van der Waals surface area (Å²) in [5, 5.41) is 8.98. The molecular formula is C10H15NO4. The van der Waals surface area contributed by atoms with E-state index in [-0.39, 0.29) is 30.6 Å². The SMILES string of the molecule is CC(C)CC(C(=O)O)N1CC(=O)CC1=O. The van der Waals surface area contributed by atoms with Gasteiger partial charge in [0.2, 0.25) is 5.91 Å². The number of carboxylic acids is 1. The Bertz CT molecular complexity index is 298. The van der Waals surface area contributed by atoms with E-state index >= 15 is 0 Å². The number of hydrogen-bond acceptors (Lipinski definition) is 3. The molecule has 15 heavy (non-hydrogen) atoms. The standard InChI is InChI=1S/C10H15NO4/c1-6(2)3-8(10(14)15)11-5-7(12)4-9(11)13/h6,8H,3-5H2,1-2H3,(H,14,15). The maximum Gasteiger partial charge on any atom is 0.326 e. The molecule has 5 heteroatoms. The molecule has 1 aliphatic rings. The fraction of sp³-hybridized carbons (Fsp3) is 0.700. The first-order chi connectivity index (χ1) is 6.91. The average molecular weight is 213 g/mol. The number of carbonyl (C=O) groups is 3. The summed E-state index contributed by atoms with van der Waals surface area (Å²) in [6, 6.07) is -0.857. The van der Waals surface area contributed by atoms with E-state index in [1.165, 1.54) is 4.90 Å². The molecule has 0 spiro atoms. The molecule has 0 aromatic heterocycles. The Balaban J connectivity index is 2.76. The van der Waals surface area contributed by atoms with Crippen molar-refractivity contribution >= 4 is 17.7 Å². The number of carboxylic acid groups (broad SMARTS) is 1. The topological polar surface area (TPSA) is 74.7 Å². The molecule has 1 aliphatic heterocycles. The molecule has 0 aromatic rings. The summed E-state index contributed by atoms with van der Waals surface area (Å²) in [6.45, 7) is 3.72. The monoisotopic (exact) mass is 213 g/mol. The van der Waals surface area contributed by atoms with Crippen LogP contribution in [0.5, 0.6) is 0 Å². The zero-order valence-electron chi connectivity index (χ0n) is 8.90. The molecule has 1 heterocycles. The van der Waals surface area contributed by atoms with Crippen LogP contribution in [0.4, 0.5) is 0 Å². The van der Waals surface area contributed by atoms with Gasteiger partial charge in [0.15, 0.2) is 5.78 Å². The summed E-state index contributed by atoms with van der Waals surface area (Å²) in [6.07, 6.45) is 0.232. The molecule has 1 N–H and O–H groups in total. The Morgan fingerprint density at radius 2 is 2.07 bits per heavy atom. The fourth-order valence-electron chi connectivity index (χ4n) is 1.70. The van der Waals surface area contributed by atoms with E-state index in [4.69, 9.17) is 5.11 Å². The van der Waals surface area contributed by atoms with Crippen LogP contribution in [0.2, 0.25) is 0 Å². The van der Waals surface area contributed by atoms with Crippen molar-refractivity contribution in [3.05, 3.63) is 0 Å². The summed E-state index contributed by atoms with van der Waals surface area (Å²) in [7, 11) is 0. The second-order valence-corrected chi connectivity index (χ2v) is 4.22. The summed E-state index contributed by atoms with van der Waals surface area (Å²) in [5.74, 6) is -1.43. The number of likely N-dealkylation sites (tertiary alicyclic amines) is 1. The van der Waals surface area contributed by atoms with Crippen LogP contribution in [-0.2, 0) is 14.4 Å². The van der Waals surface area contributed by atoms with Gasteiger partial charge in [-0.3, -0.25) is 9.59 Å². The number of hydrogen-bond donors (Lipinski definition) is 1. The quantitative estimate of drug-likeness (QED) is 0.681. The van der Waals surface area contributed by atoms with E-state index in [9.17, 15) is 14.4 Å². The second kappa shape index (κ2) is 4.42. The Labute approximate surface area is 88.1 Å². The largest absolute Gasteiger partial charge is 0.480 e. The van der Waals surface area contributed by atoms with Gasteiger partial charge in [-0.25, -0.2) is 4.79 Å². The van der Waals surface area contributed by atoms with Gasteiger partial charge in [-0.15, -0.1) is 0 Å². The first-order valence-electron chi connectivity index (χ1n) is 4.95. The van der Waals surface area contributed by atoms with Crippen molar-refractivity contribution in [2.45, 2.75) is 32.7 Å². The third kappa shape index (κ3) is 2.78. The highest BCUT2D eigenvalue weighted by atomic mass is 16.4. The number of amides is 1. The summed E-state index contributed by atoms with van der Waals surface area (Å²) in [4.78, 5) is 34.5. The lowest BCUT2D eigenvalue weighted by Gasteiger charge is -2.24. The van der Waals surface area contributed by atoms with E-state index in [1.54, 1.807) is 0 Å². The maximum atomic E-state index is 11.4. The van der Waals surface area contributed by atoms with Crippen molar-refractivity contribution in [3.63, 3.8) is 0 Å². The van der Waals surface area contributed by atoms with Crippen LogP contribution in [0.25, 0.3) is 0 Å². The van der Waals surface area contributed by atoms with Crippen LogP contribution in [0.3, 0.4) is 0 Å². The van der Waals surface area contributed by atoms with Gasteiger partial charge in [0, 0.05) is 0 Å². The van der Waals surface area contributed by atoms with Crippen molar-refractivity contribution in [1.82, 2.24) is 4.90 Å². The summed E-state index contributed by atoms with van der Waals surface area (Å²) < 4.78 is 0. The van der Waals surface area contributed by atoms with Gasteiger partial charge in [0.1, 0.15) is 6.04 Å². The Morgan fingerprint density at radius 3 is 2.40 bits per heavy atom. The minimum atomic E-state index is -1.04. The normalized spacial score (nSPS) is 18.7. The molecule has 1 rings (SSSR count). The molecule has 1 fully saturated rings. The van der Waals surface area contributed by atoms with Gasteiger partial charge in [-0.1, -0.05) is 13.8 Å². The predicted octanol–water partition coefficient (Wildman–Crippen LogP) is 0.287. The molecule has 1 atom stereocenters. The van der Waals surface area contributed by atoms with E-state index in [0.29, 0.717) is 6.42 Å². The van der Waals surface area contributed by atoms with Gasteiger partial charge in [0.05, 0.1) is 13.0 Å². The molecule has 1 saturated heterocycles. The molecular weight excluding hydrogens is 198 g/mol. The minimum absolute atomic E-state index is 0.0531. The van der Waals surface area contributed by atoms with Crippen molar-refractivity contribution in [2.75, 3.05) is 6.54 Å². The number of rotatable bonds is 4. The molecule has 1 amide bonds. The predicted molar refractivity (Wildman–Crippen MR) is 52.2 cm³/mol. The molecule has 84 valence electrons. The van der Waals surface area contributed by atoms with E-state index < -0.39 is 12.0 Å². The van der Waals surface area contributed by atoms with E-state index in [0.717, 1.165) is 0 Å². The number of aliphatic carboxylic acids is 1. The highest BCUT2D eigenvalue weighted by Gasteiger charge is 2.36. The third-order valence-corrected chi connectivity index (χ3v) is 2.37. The second-order valence-electron chi connectivity index (χ2n) is 4.22. The van der Waals surface area contributed by atoms with Crippen molar-refractivity contribution in [3.8, 4) is 0 Å². The molecule has 5 nitrogen and oxygen atoms in total. The van der Waals surface area contributed by atoms with Crippen molar-refractivity contribution in [2.24, 2.45) is 5.92 Å². The molecule has 1 unspecified atom stereocenters. The molecule has 0 aromatic carbocycles. The van der Waals surface area contributed by atoms with Crippen LogP contribution >= 0.6 is 0 Å². The van der Waals surface area contributed by atoms with Gasteiger partial charge in [0.25, 0.3) is 0 Å². The van der Waals surface area contributed by atoms with Crippen LogP contribution in [0.1, 0.15) is 26.7 Å². The zero-order valence-corrected chi connectivity index (χ0v) is 8.90. The molecule has 0 bridgehead atoms. The van der Waals surface area contributed by atoms with Crippen LogP contribution in [0, 0.1) is 5.92 Å². The van der Waals surface area contributed by atoms with Crippen molar-refractivity contribution < 1.29 is 19.5 Å². The Morgan fingerprint density at radius 1 is 1.47 bits per heavy atom. The van der Waals surface area contributed by atoms with Crippen LogP contribution < -0.4 is 0 Å². The van der Waals surface area contributed by atoms with Crippen molar-refractivity contribution in [1.29, 1.82) is 0 Å². The lowest BCUT2D eigenvalue weighted by molar-refractivity contribution is -0.149. The summed E-state index contributed by atoms with van der Waals surface area (Å²) >= 11 is 0. The van der Waals surface area contributed by atoms with E-state index in [2.05, 4.69) is 0 Å². The Kier molecular flexibility index (Phi) is 3.44. The first kappa shape index (κ1) is 11.7. The van der Waals surface area contributed by atoms with Gasteiger partial charge in [-0.05, 0) is 12.3 Å². The smallest absolute Gasteiger partial charge is 0.326 e. The number of nitrogens with zero attached hydrogens (tertiary/aromatic N) is 1. The fourth-order valence-corrected chi connectivity index (χ4v) is 1.70. The van der Waals surface area contributed by atoms with Gasteiger partial charge >= 0.3 is 5.97 Å². The third-order valence-electron chi connectivity index (χ3n) is 2.37. The lowest BCUT2D eigenvalue weighted by Crippen LogP contribution is -2.43. The van der Waals surface area contributed by atoms with E-state index in [1.807, 2.05) is 13.8 Å². The minimum Gasteiger partial charge on any atom is -0.480 e. The maximum absolute atomic E-state index is 11.4. The van der Waals surface area contributed by atoms with Crippen LogP contribution in [-0.4, -0.2) is 40.3 Å². The Hall–Kier alpha value is -1.39. The average Bonchev–Trinajstić information content (AvgIpc) is 2.40.